The van der Waals surface area contributed by atoms with Crippen molar-refractivity contribution >= 4 is 27.6 Å². The number of ether oxygens (including phenoxy) is 1. The number of nitro groups is 1. The molecule has 0 amide bonds. The summed E-state index contributed by atoms with van der Waals surface area (Å²) in [7, 11) is 0. The van der Waals surface area contributed by atoms with Gasteiger partial charge in [-0.3, -0.25) is 10.1 Å². The van der Waals surface area contributed by atoms with E-state index in [0.29, 0.717) is 11.3 Å². The van der Waals surface area contributed by atoms with Gasteiger partial charge in [0.05, 0.1) is 10.5 Å². The zero-order valence-corrected chi connectivity index (χ0v) is 12.2. The van der Waals surface area contributed by atoms with Crippen molar-refractivity contribution in [2.45, 2.75) is 6.61 Å². The van der Waals surface area contributed by atoms with Crippen molar-refractivity contribution in [2.24, 2.45) is 0 Å². The summed E-state index contributed by atoms with van der Waals surface area (Å²) in [5.41, 5.74) is 0.731. The summed E-state index contributed by atoms with van der Waals surface area (Å²) in [6.07, 6.45) is 0. The highest BCUT2D eigenvalue weighted by Gasteiger charge is 2.16. The van der Waals surface area contributed by atoms with Crippen LogP contribution in [0, 0.1) is 10.1 Å². The lowest BCUT2D eigenvalue weighted by Crippen LogP contribution is -2.01. The minimum absolute atomic E-state index is 0.0909. The maximum absolute atomic E-state index is 10.9. The van der Waals surface area contributed by atoms with Crippen LogP contribution in [-0.2, 0) is 6.61 Å². The molecule has 0 aliphatic rings. The third-order valence-corrected chi connectivity index (χ3v) is 3.50. The van der Waals surface area contributed by atoms with Gasteiger partial charge in [-0.15, -0.1) is 0 Å². The van der Waals surface area contributed by atoms with E-state index >= 15 is 0 Å². The number of benzene rings is 2. The van der Waals surface area contributed by atoms with Gasteiger partial charge in [-0.25, -0.2) is 4.79 Å². The van der Waals surface area contributed by atoms with Crippen molar-refractivity contribution in [1.82, 2.24) is 0 Å². The van der Waals surface area contributed by atoms with E-state index in [4.69, 9.17) is 9.84 Å². The molecule has 7 heteroatoms. The van der Waals surface area contributed by atoms with E-state index in [2.05, 4.69) is 15.9 Å². The average Bonchev–Trinajstić information content (AvgIpc) is 2.46. The summed E-state index contributed by atoms with van der Waals surface area (Å²) in [4.78, 5) is 21.2. The molecule has 0 saturated carbocycles. The Morgan fingerprint density at radius 3 is 2.67 bits per heavy atom. The fraction of sp³-hybridized carbons (Fsp3) is 0.0714. The Morgan fingerprint density at radius 2 is 2.00 bits per heavy atom. The molecule has 0 radical (unpaired) electrons. The van der Waals surface area contributed by atoms with Crippen LogP contribution in [0.15, 0.2) is 46.9 Å². The van der Waals surface area contributed by atoms with E-state index < -0.39 is 10.9 Å². The highest BCUT2D eigenvalue weighted by molar-refractivity contribution is 9.10. The SMILES string of the molecule is O=C(O)c1cccc(COc2cccc([N+](=O)[O-])c2Br)c1. The van der Waals surface area contributed by atoms with E-state index in [-0.39, 0.29) is 22.3 Å². The molecule has 0 aliphatic heterocycles. The Labute approximate surface area is 128 Å². The number of aromatic carboxylic acids is 1. The lowest BCUT2D eigenvalue weighted by molar-refractivity contribution is -0.385. The molecule has 1 N–H and O–H groups in total. The smallest absolute Gasteiger partial charge is 0.335 e. The summed E-state index contributed by atoms with van der Waals surface area (Å²) >= 11 is 3.13. The lowest BCUT2D eigenvalue weighted by atomic mass is 10.1. The Kier molecular flexibility index (Phi) is 4.54. The second-order valence-corrected chi connectivity index (χ2v) is 4.93. The lowest BCUT2D eigenvalue weighted by Gasteiger charge is -2.08. The molecule has 0 aromatic heterocycles. The first-order valence-electron chi connectivity index (χ1n) is 5.87. The summed E-state index contributed by atoms with van der Waals surface area (Å²) in [5, 5.41) is 19.7. The minimum atomic E-state index is -1.02. The highest BCUT2D eigenvalue weighted by atomic mass is 79.9. The molecule has 0 saturated heterocycles. The van der Waals surface area contributed by atoms with Gasteiger partial charge in [-0.1, -0.05) is 18.2 Å². The molecule has 0 atom stereocenters. The van der Waals surface area contributed by atoms with E-state index in [1.165, 1.54) is 24.3 Å². The molecule has 2 rings (SSSR count). The second kappa shape index (κ2) is 6.36. The molecule has 21 heavy (non-hydrogen) atoms. The number of carboxylic acid groups (broad SMARTS) is 1. The average molecular weight is 352 g/mol. The van der Waals surface area contributed by atoms with Gasteiger partial charge < -0.3 is 9.84 Å². The number of carbonyl (C=O) groups is 1. The largest absolute Gasteiger partial charge is 0.487 e. The Hall–Kier alpha value is -2.41. The molecule has 0 bridgehead atoms. The number of nitro benzene ring substituents is 1. The van der Waals surface area contributed by atoms with Gasteiger partial charge in [0.1, 0.15) is 16.8 Å². The topological polar surface area (TPSA) is 89.7 Å². The third-order valence-electron chi connectivity index (χ3n) is 2.71. The molecule has 2 aromatic rings. The molecule has 0 spiro atoms. The molecule has 0 fully saturated rings. The molecule has 0 aliphatic carbocycles. The Morgan fingerprint density at radius 1 is 1.29 bits per heavy atom. The van der Waals surface area contributed by atoms with Crippen molar-refractivity contribution < 1.29 is 19.6 Å². The van der Waals surface area contributed by atoms with E-state index in [0.717, 1.165) is 0 Å². The second-order valence-electron chi connectivity index (χ2n) is 4.14. The van der Waals surface area contributed by atoms with Crippen molar-refractivity contribution in [1.29, 1.82) is 0 Å². The quantitative estimate of drug-likeness (QED) is 0.656. The first-order chi connectivity index (χ1) is 9.99. The van der Waals surface area contributed by atoms with Gasteiger partial charge in [0.15, 0.2) is 0 Å². The predicted molar refractivity (Wildman–Crippen MR) is 78.5 cm³/mol. The molecule has 0 unspecified atom stereocenters. The van der Waals surface area contributed by atoms with Gasteiger partial charge in [-0.05, 0) is 39.7 Å². The zero-order chi connectivity index (χ0) is 15.4. The molecule has 108 valence electrons. The van der Waals surface area contributed by atoms with Crippen LogP contribution < -0.4 is 4.74 Å². The summed E-state index contributed by atoms with van der Waals surface area (Å²) in [6, 6.07) is 10.8. The molecule has 2 aromatic carbocycles. The van der Waals surface area contributed by atoms with Crippen LogP contribution in [0.4, 0.5) is 5.69 Å². The van der Waals surface area contributed by atoms with Crippen LogP contribution in [0.1, 0.15) is 15.9 Å². The fourth-order valence-electron chi connectivity index (χ4n) is 1.71. The van der Waals surface area contributed by atoms with Crippen molar-refractivity contribution in [3.63, 3.8) is 0 Å². The molecular formula is C14H10BrNO5. The van der Waals surface area contributed by atoms with E-state index in [1.54, 1.807) is 18.2 Å². The summed E-state index contributed by atoms with van der Waals surface area (Å²) in [6.45, 7) is 0.112. The van der Waals surface area contributed by atoms with Crippen LogP contribution in [0.25, 0.3) is 0 Å². The van der Waals surface area contributed by atoms with Crippen molar-refractivity contribution in [3.8, 4) is 5.75 Å². The van der Waals surface area contributed by atoms with Crippen LogP contribution in [0.2, 0.25) is 0 Å². The minimum Gasteiger partial charge on any atom is -0.487 e. The van der Waals surface area contributed by atoms with Gasteiger partial charge in [-0.2, -0.15) is 0 Å². The Balaban J connectivity index is 2.17. The number of carboxylic acids is 1. The first kappa shape index (κ1) is 15.0. The number of nitrogens with zero attached hydrogens (tertiary/aromatic N) is 1. The molecular weight excluding hydrogens is 342 g/mol. The van der Waals surface area contributed by atoms with Crippen LogP contribution in [0.3, 0.4) is 0 Å². The van der Waals surface area contributed by atoms with Crippen LogP contribution >= 0.6 is 15.9 Å². The standard InChI is InChI=1S/C14H10BrNO5/c15-13-11(16(19)20)5-2-6-12(13)21-8-9-3-1-4-10(7-9)14(17)18/h1-7H,8H2,(H,17,18). The van der Waals surface area contributed by atoms with Gasteiger partial charge in [0.25, 0.3) is 5.69 Å². The number of hydrogen-bond acceptors (Lipinski definition) is 4. The maximum Gasteiger partial charge on any atom is 0.335 e. The van der Waals surface area contributed by atoms with Gasteiger partial charge in [0, 0.05) is 6.07 Å². The summed E-state index contributed by atoms with van der Waals surface area (Å²) in [5.74, 6) is -0.696. The Bertz CT molecular complexity index is 702. The van der Waals surface area contributed by atoms with Crippen molar-refractivity contribution in [3.05, 3.63) is 68.2 Å². The summed E-state index contributed by atoms with van der Waals surface area (Å²) < 4.78 is 5.76. The zero-order valence-electron chi connectivity index (χ0n) is 10.7. The monoisotopic (exact) mass is 351 g/mol. The third kappa shape index (κ3) is 3.57. The number of halogens is 1. The predicted octanol–water partition coefficient (Wildman–Crippen LogP) is 3.63. The first-order valence-corrected chi connectivity index (χ1v) is 6.66. The van der Waals surface area contributed by atoms with E-state index in [1.807, 2.05) is 0 Å². The maximum atomic E-state index is 10.9. The normalized spacial score (nSPS) is 10.1. The van der Waals surface area contributed by atoms with Crippen LogP contribution in [-0.4, -0.2) is 16.0 Å². The molecule has 6 nitrogen and oxygen atoms in total. The van der Waals surface area contributed by atoms with E-state index in [9.17, 15) is 14.9 Å². The number of rotatable bonds is 5. The van der Waals surface area contributed by atoms with Crippen LogP contribution in [0.5, 0.6) is 5.75 Å². The highest BCUT2D eigenvalue weighted by Crippen LogP contribution is 2.34. The molecule has 0 heterocycles. The fourth-order valence-corrected chi connectivity index (χ4v) is 2.23. The number of hydrogen-bond donors (Lipinski definition) is 1. The van der Waals surface area contributed by atoms with Gasteiger partial charge >= 0.3 is 5.97 Å². The van der Waals surface area contributed by atoms with Crippen molar-refractivity contribution in [2.75, 3.05) is 0 Å². The van der Waals surface area contributed by atoms with Gasteiger partial charge in [0.2, 0.25) is 0 Å².